The Hall–Kier alpha value is -3.35. The molecule has 0 spiro atoms. The number of methoxy groups -OCH3 is 1. The smallest absolute Gasteiger partial charge is 0.311 e. The highest BCUT2D eigenvalue weighted by Crippen LogP contribution is 2.30. The van der Waals surface area contributed by atoms with Gasteiger partial charge in [0.1, 0.15) is 5.75 Å². The second-order valence-corrected chi connectivity index (χ2v) is 6.98. The van der Waals surface area contributed by atoms with Gasteiger partial charge in [0.15, 0.2) is 6.61 Å². The third-order valence-electron chi connectivity index (χ3n) is 5.05. The molecule has 1 N–H and O–H groups in total. The minimum absolute atomic E-state index is 0.0698. The number of para-hydroxylation sites is 2. The summed E-state index contributed by atoms with van der Waals surface area (Å²) in [6.07, 6.45) is 0.0698. The summed E-state index contributed by atoms with van der Waals surface area (Å²) in [4.78, 5) is 38.5. The molecule has 1 saturated heterocycles. The van der Waals surface area contributed by atoms with Gasteiger partial charge in [-0.05, 0) is 43.2 Å². The van der Waals surface area contributed by atoms with Crippen LogP contribution in [0.15, 0.2) is 42.5 Å². The summed E-state index contributed by atoms with van der Waals surface area (Å²) < 4.78 is 10.3. The van der Waals surface area contributed by atoms with Gasteiger partial charge in [-0.25, -0.2) is 0 Å². The number of hydrogen-bond acceptors (Lipinski definition) is 5. The number of carbonyl (C=O) groups excluding carboxylic acids is 3. The number of carbonyl (C=O) groups is 3. The van der Waals surface area contributed by atoms with Gasteiger partial charge in [-0.2, -0.15) is 0 Å². The number of aryl methyl sites for hydroxylation is 1. The third kappa shape index (κ3) is 4.56. The van der Waals surface area contributed by atoms with Crippen molar-refractivity contribution in [1.82, 2.24) is 0 Å². The second kappa shape index (κ2) is 8.77. The van der Waals surface area contributed by atoms with Crippen LogP contribution in [0.1, 0.15) is 17.5 Å². The average Bonchev–Trinajstić information content (AvgIpc) is 3.10. The number of benzene rings is 2. The molecule has 0 unspecified atom stereocenters. The molecule has 0 saturated carbocycles. The van der Waals surface area contributed by atoms with E-state index in [4.69, 9.17) is 9.47 Å². The van der Waals surface area contributed by atoms with Crippen LogP contribution in [0.3, 0.4) is 0 Å². The van der Waals surface area contributed by atoms with Crippen LogP contribution in [0.5, 0.6) is 5.75 Å². The third-order valence-corrected chi connectivity index (χ3v) is 5.05. The van der Waals surface area contributed by atoms with E-state index in [9.17, 15) is 14.4 Å². The lowest BCUT2D eigenvalue weighted by molar-refractivity contribution is -0.151. The Kier molecular flexibility index (Phi) is 6.16. The molecule has 2 aromatic carbocycles. The monoisotopic (exact) mass is 396 g/mol. The number of anilines is 2. The van der Waals surface area contributed by atoms with Gasteiger partial charge in [-0.3, -0.25) is 14.4 Å². The number of esters is 1. The standard InChI is InChI=1S/C22H24N2O5/c1-14-7-6-9-18(15(14)2)24-12-16(11-21(24)26)22(27)29-13-20(25)23-17-8-4-5-10-19(17)28-3/h4-10,16H,11-13H2,1-3H3,(H,23,25)/t16-/m0/s1. The van der Waals surface area contributed by atoms with E-state index >= 15 is 0 Å². The SMILES string of the molecule is COc1ccccc1NC(=O)COC(=O)[C@H]1CC(=O)N(c2cccc(C)c2C)C1. The number of ether oxygens (including phenoxy) is 2. The van der Waals surface area contributed by atoms with Gasteiger partial charge in [0.05, 0.1) is 18.7 Å². The van der Waals surface area contributed by atoms with Crippen LogP contribution in [0.4, 0.5) is 11.4 Å². The van der Waals surface area contributed by atoms with Gasteiger partial charge in [-0.15, -0.1) is 0 Å². The molecule has 0 aromatic heterocycles. The molecule has 2 aromatic rings. The predicted molar refractivity (Wildman–Crippen MR) is 109 cm³/mol. The van der Waals surface area contributed by atoms with Crippen molar-refractivity contribution in [1.29, 1.82) is 0 Å². The van der Waals surface area contributed by atoms with E-state index < -0.39 is 24.4 Å². The minimum Gasteiger partial charge on any atom is -0.495 e. The first-order valence-corrected chi connectivity index (χ1v) is 9.36. The predicted octanol–water partition coefficient (Wildman–Crippen LogP) is 2.85. The quantitative estimate of drug-likeness (QED) is 0.759. The molecule has 7 heteroatoms. The summed E-state index contributed by atoms with van der Waals surface area (Å²) in [5, 5.41) is 2.65. The van der Waals surface area contributed by atoms with Crippen LogP contribution < -0.4 is 15.0 Å². The van der Waals surface area contributed by atoms with E-state index in [2.05, 4.69) is 5.32 Å². The van der Waals surface area contributed by atoms with Crippen LogP contribution in [0, 0.1) is 19.8 Å². The van der Waals surface area contributed by atoms with Crippen molar-refractivity contribution in [3.63, 3.8) is 0 Å². The Labute approximate surface area is 169 Å². The maximum Gasteiger partial charge on any atom is 0.311 e. The molecule has 1 aliphatic heterocycles. The Balaban J connectivity index is 1.57. The van der Waals surface area contributed by atoms with Gasteiger partial charge in [-0.1, -0.05) is 24.3 Å². The number of nitrogens with zero attached hydrogens (tertiary/aromatic N) is 1. The van der Waals surface area contributed by atoms with Crippen molar-refractivity contribution in [2.45, 2.75) is 20.3 Å². The lowest BCUT2D eigenvalue weighted by Crippen LogP contribution is -2.28. The molecule has 0 bridgehead atoms. The van der Waals surface area contributed by atoms with Gasteiger partial charge in [0.25, 0.3) is 5.91 Å². The average molecular weight is 396 g/mol. The van der Waals surface area contributed by atoms with Gasteiger partial charge in [0, 0.05) is 18.7 Å². The number of rotatable bonds is 6. The molecule has 29 heavy (non-hydrogen) atoms. The van der Waals surface area contributed by atoms with E-state index in [0.29, 0.717) is 11.4 Å². The Morgan fingerprint density at radius 3 is 2.66 bits per heavy atom. The highest BCUT2D eigenvalue weighted by molar-refractivity contribution is 6.00. The zero-order valence-corrected chi connectivity index (χ0v) is 16.7. The summed E-state index contributed by atoms with van der Waals surface area (Å²) in [5.41, 5.74) is 3.38. The first kappa shape index (κ1) is 20.4. The normalized spacial score (nSPS) is 15.9. The highest BCUT2D eigenvalue weighted by atomic mass is 16.5. The van der Waals surface area contributed by atoms with Crippen molar-refractivity contribution >= 4 is 29.2 Å². The van der Waals surface area contributed by atoms with Crippen molar-refractivity contribution in [2.75, 3.05) is 30.5 Å². The Bertz CT molecular complexity index is 941. The largest absolute Gasteiger partial charge is 0.495 e. The molecule has 0 radical (unpaired) electrons. The van der Waals surface area contributed by atoms with Gasteiger partial charge >= 0.3 is 5.97 Å². The molecular weight excluding hydrogens is 372 g/mol. The van der Waals surface area contributed by atoms with E-state index in [1.807, 2.05) is 32.0 Å². The molecular formula is C22H24N2O5. The molecule has 1 atom stereocenters. The molecule has 1 aliphatic rings. The molecule has 1 fully saturated rings. The molecule has 1 heterocycles. The van der Waals surface area contributed by atoms with Crippen LogP contribution in [0.25, 0.3) is 0 Å². The first-order valence-electron chi connectivity index (χ1n) is 9.36. The van der Waals surface area contributed by atoms with Crippen molar-refractivity contribution < 1.29 is 23.9 Å². The maximum atomic E-state index is 12.4. The van der Waals surface area contributed by atoms with E-state index in [1.54, 1.807) is 29.2 Å². The van der Waals surface area contributed by atoms with Crippen molar-refractivity contribution in [3.8, 4) is 5.75 Å². The van der Waals surface area contributed by atoms with Crippen molar-refractivity contribution in [3.05, 3.63) is 53.6 Å². The second-order valence-electron chi connectivity index (χ2n) is 6.98. The fourth-order valence-electron chi connectivity index (χ4n) is 3.32. The summed E-state index contributed by atoms with van der Waals surface area (Å²) >= 11 is 0. The maximum absolute atomic E-state index is 12.4. The van der Waals surface area contributed by atoms with Gasteiger partial charge < -0.3 is 19.7 Å². The van der Waals surface area contributed by atoms with Crippen LogP contribution in [0.2, 0.25) is 0 Å². The van der Waals surface area contributed by atoms with Crippen LogP contribution in [-0.2, 0) is 19.1 Å². The highest BCUT2D eigenvalue weighted by Gasteiger charge is 2.37. The van der Waals surface area contributed by atoms with E-state index in [-0.39, 0.29) is 18.9 Å². The first-order chi connectivity index (χ1) is 13.9. The molecule has 152 valence electrons. The van der Waals surface area contributed by atoms with E-state index in [1.165, 1.54) is 7.11 Å². The summed E-state index contributed by atoms with van der Waals surface area (Å²) in [7, 11) is 1.50. The zero-order valence-electron chi connectivity index (χ0n) is 16.7. The lowest BCUT2D eigenvalue weighted by Gasteiger charge is -2.20. The topological polar surface area (TPSA) is 84.9 Å². The molecule has 3 rings (SSSR count). The Morgan fingerprint density at radius 2 is 1.90 bits per heavy atom. The zero-order chi connectivity index (χ0) is 21.0. The summed E-state index contributed by atoms with van der Waals surface area (Å²) in [5.74, 6) is -1.24. The molecule has 7 nitrogen and oxygen atoms in total. The minimum atomic E-state index is -0.596. The van der Waals surface area contributed by atoms with E-state index in [0.717, 1.165) is 16.8 Å². The summed E-state index contributed by atoms with van der Waals surface area (Å²) in [6, 6.07) is 12.7. The van der Waals surface area contributed by atoms with Gasteiger partial charge in [0.2, 0.25) is 5.91 Å². The fraction of sp³-hybridized carbons (Fsp3) is 0.318. The fourth-order valence-corrected chi connectivity index (χ4v) is 3.32. The number of amides is 2. The van der Waals surface area contributed by atoms with Crippen molar-refractivity contribution in [2.24, 2.45) is 5.92 Å². The van der Waals surface area contributed by atoms with Crippen LogP contribution >= 0.6 is 0 Å². The number of hydrogen-bond donors (Lipinski definition) is 1. The molecule has 0 aliphatic carbocycles. The van der Waals surface area contributed by atoms with Crippen LogP contribution in [-0.4, -0.2) is 38.0 Å². The molecule has 2 amide bonds. The Morgan fingerprint density at radius 1 is 1.14 bits per heavy atom. The summed E-state index contributed by atoms with van der Waals surface area (Å²) in [6.45, 7) is 3.75. The lowest BCUT2D eigenvalue weighted by atomic mass is 10.1. The number of nitrogens with one attached hydrogen (secondary N) is 1.